The SMILES string of the molecule is CNC(=O)c1n[nH]c2cc(Nc3cc(NC(=O)c4[nH]c(C(F)(F)F)nc4-c4ccc(F)cc4)ccc3C)ccc12. The minimum atomic E-state index is -4.83. The Balaban J connectivity index is 1.42. The number of halogens is 4. The summed E-state index contributed by atoms with van der Waals surface area (Å²) in [5, 5.41) is 15.9. The molecule has 9 nitrogen and oxygen atoms in total. The Morgan fingerprint density at radius 1 is 0.925 bits per heavy atom. The standard InChI is InChI=1S/C27H21F4N7O2/c1-13-3-8-17(11-19(13)33-16-9-10-18-20(12-16)37-38-22(18)24(39)32-2)34-25(40)23-21(14-4-6-15(28)7-5-14)35-26(36-23)27(29,30)31/h3-12,33H,1-2H3,(H,32,39)(H,34,40)(H,35,36)(H,37,38). The van der Waals surface area contributed by atoms with E-state index in [1.807, 2.05) is 6.92 Å². The number of hydrogen-bond donors (Lipinski definition) is 5. The molecule has 0 fully saturated rings. The number of amides is 2. The zero-order chi connectivity index (χ0) is 28.6. The van der Waals surface area contributed by atoms with Gasteiger partial charge in [0, 0.05) is 35.1 Å². The molecule has 0 atom stereocenters. The van der Waals surface area contributed by atoms with Crippen LogP contribution in [0.3, 0.4) is 0 Å². The lowest BCUT2D eigenvalue weighted by Gasteiger charge is -2.13. The lowest BCUT2D eigenvalue weighted by molar-refractivity contribution is -0.144. The van der Waals surface area contributed by atoms with E-state index in [0.29, 0.717) is 28.0 Å². The number of aromatic amines is 2. The minimum Gasteiger partial charge on any atom is -0.355 e. The zero-order valence-electron chi connectivity index (χ0n) is 21.0. The molecular weight excluding hydrogens is 530 g/mol. The van der Waals surface area contributed by atoms with Crippen LogP contribution in [0, 0.1) is 12.7 Å². The molecule has 5 aromatic rings. The third-order valence-corrected chi connectivity index (χ3v) is 6.10. The predicted molar refractivity (Wildman–Crippen MR) is 141 cm³/mol. The summed E-state index contributed by atoms with van der Waals surface area (Å²) in [5.74, 6) is -3.12. The number of nitrogens with zero attached hydrogens (tertiary/aromatic N) is 2. The van der Waals surface area contributed by atoms with E-state index in [0.717, 1.165) is 17.7 Å². The van der Waals surface area contributed by atoms with E-state index in [-0.39, 0.29) is 22.9 Å². The summed E-state index contributed by atoms with van der Waals surface area (Å²) in [5.41, 5.74) is 2.73. The predicted octanol–water partition coefficient (Wildman–Crippen LogP) is 5.77. The first-order valence-corrected chi connectivity index (χ1v) is 11.9. The second kappa shape index (κ2) is 10.2. The molecule has 5 rings (SSSR count). The van der Waals surface area contributed by atoms with Crippen LogP contribution in [-0.2, 0) is 6.18 Å². The monoisotopic (exact) mass is 551 g/mol. The average Bonchev–Trinajstić information content (AvgIpc) is 3.56. The number of carbonyl (C=O) groups is 2. The summed E-state index contributed by atoms with van der Waals surface area (Å²) in [7, 11) is 1.51. The van der Waals surface area contributed by atoms with Gasteiger partial charge in [0.25, 0.3) is 11.8 Å². The van der Waals surface area contributed by atoms with Gasteiger partial charge in [-0.1, -0.05) is 6.07 Å². The van der Waals surface area contributed by atoms with Gasteiger partial charge >= 0.3 is 6.18 Å². The molecule has 40 heavy (non-hydrogen) atoms. The number of nitrogens with one attached hydrogen (secondary N) is 5. The molecular formula is C27H21F4N7O2. The Labute approximate surface area is 224 Å². The lowest BCUT2D eigenvalue weighted by Crippen LogP contribution is -2.18. The quantitative estimate of drug-likeness (QED) is 0.171. The van der Waals surface area contributed by atoms with Crippen LogP contribution in [0.15, 0.2) is 60.7 Å². The van der Waals surface area contributed by atoms with Crippen LogP contribution >= 0.6 is 0 Å². The molecule has 0 radical (unpaired) electrons. The van der Waals surface area contributed by atoms with Gasteiger partial charge in [0.15, 0.2) is 5.69 Å². The molecule has 0 aliphatic rings. The maximum Gasteiger partial charge on any atom is 0.449 e. The number of anilines is 3. The number of rotatable bonds is 6. The number of benzene rings is 3. The van der Waals surface area contributed by atoms with Crippen LogP contribution in [-0.4, -0.2) is 39.0 Å². The Morgan fingerprint density at radius 2 is 1.65 bits per heavy atom. The summed E-state index contributed by atoms with van der Waals surface area (Å²) in [6, 6.07) is 14.8. The fourth-order valence-electron chi connectivity index (χ4n) is 4.06. The molecule has 2 amide bonds. The largest absolute Gasteiger partial charge is 0.449 e. The van der Waals surface area contributed by atoms with Gasteiger partial charge in [0.05, 0.1) is 5.52 Å². The Morgan fingerprint density at radius 3 is 2.35 bits per heavy atom. The molecule has 204 valence electrons. The maximum atomic E-state index is 13.4. The molecule has 0 bridgehead atoms. The lowest BCUT2D eigenvalue weighted by atomic mass is 10.1. The number of alkyl halides is 3. The molecule has 13 heteroatoms. The van der Waals surface area contributed by atoms with E-state index in [4.69, 9.17) is 0 Å². The van der Waals surface area contributed by atoms with E-state index in [9.17, 15) is 27.2 Å². The second-order valence-corrected chi connectivity index (χ2v) is 8.83. The molecule has 0 spiro atoms. The molecule has 3 aromatic carbocycles. The van der Waals surface area contributed by atoms with Gasteiger partial charge in [-0.3, -0.25) is 14.7 Å². The first-order valence-electron chi connectivity index (χ1n) is 11.9. The van der Waals surface area contributed by atoms with E-state index >= 15 is 0 Å². The topological polar surface area (TPSA) is 128 Å². The van der Waals surface area contributed by atoms with E-state index < -0.39 is 29.4 Å². The van der Waals surface area contributed by atoms with Crippen LogP contribution in [0.1, 0.15) is 32.4 Å². The van der Waals surface area contributed by atoms with Crippen molar-refractivity contribution in [1.82, 2.24) is 25.5 Å². The number of carbonyl (C=O) groups excluding carboxylic acids is 2. The van der Waals surface area contributed by atoms with E-state index in [2.05, 4.69) is 36.1 Å². The highest BCUT2D eigenvalue weighted by molar-refractivity contribution is 6.07. The van der Waals surface area contributed by atoms with Crippen LogP contribution in [0.25, 0.3) is 22.2 Å². The van der Waals surface area contributed by atoms with Crippen LogP contribution < -0.4 is 16.0 Å². The fourth-order valence-corrected chi connectivity index (χ4v) is 4.06. The Hall–Kier alpha value is -5.20. The number of H-pyrrole nitrogens is 2. The van der Waals surface area contributed by atoms with Gasteiger partial charge < -0.3 is 20.9 Å². The van der Waals surface area contributed by atoms with E-state index in [1.165, 1.54) is 19.2 Å². The van der Waals surface area contributed by atoms with E-state index in [1.54, 1.807) is 36.4 Å². The number of aryl methyl sites for hydroxylation is 1. The first kappa shape index (κ1) is 26.4. The first-order chi connectivity index (χ1) is 19.0. The third kappa shape index (κ3) is 5.21. The van der Waals surface area contributed by atoms with Crippen molar-refractivity contribution in [1.29, 1.82) is 0 Å². The minimum absolute atomic E-state index is 0.137. The van der Waals surface area contributed by atoms with Crippen molar-refractivity contribution in [2.45, 2.75) is 13.1 Å². The molecule has 0 aliphatic carbocycles. The number of fused-ring (bicyclic) bond motifs is 1. The highest BCUT2D eigenvalue weighted by atomic mass is 19.4. The smallest absolute Gasteiger partial charge is 0.355 e. The second-order valence-electron chi connectivity index (χ2n) is 8.83. The highest BCUT2D eigenvalue weighted by Gasteiger charge is 2.37. The van der Waals surface area contributed by atoms with Gasteiger partial charge in [-0.25, -0.2) is 9.37 Å². The van der Waals surface area contributed by atoms with Gasteiger partial charge in [0.2, 0.25) is 5.82 Å². The molecule has 2 aromatic heterocycles. The summed E-state index contributed by atoms with van der Waals surface area (Å²) < 4.78 is 53.6. The van der Waals surface area contributed by atoms with Crippen LogP contribution in [0.4, 0.5) is 34.6 Å². The summed E-state index contributed by atoms with van der Waals surface area (Å²) in [6.45, 7) is 1.84. The van der Waals surface area contributed by atoms with Crippen molar-refractivity contribution in [2.24, 2.45) is 0 Å². The number of hydrogen-bond acceptors (Lipinski definition) is 5. The Kier molecular flexibility index (Phi) is 6.71. The number of aromatic nitrogens is 4. The van der Waals surface area contributed by atoms with Gasteiger partial charge in [-0.2, -0.15) is 18.3 Å². The molecule has 2 heterocycles. The van der Waals surface area contributed by atoms with Crippen molar-refractivity contribution >= 4 is 39.8 Å². The van der Waals surface area contributed by atoms with Crippen molar-refractivity contribution in [2.75, 3.05) is 17.7 Å². The molecule has 5 N–H and O–H groups in total. The summed E-state index contributed by atoms with van der Waals surface area (Å²) in [4.78, 5) is 30.7. The van der Waals surface area contributed by atoms with Crippen LogP contribution in [0.5, 0.6) is 0 Å². The van der Waals surface area contributed by atoms with Gasteiger partial charge in [-0.15, -0.1) is 0 Å². The summed E-state index contributed by atoms with van der Waals surface area (Å²) in [6.07, 6.45) is -4.83. The van der Waals surface area contributed by atoms with Crippen molar-refractivity contribution in [3.05, 3.63) is 89.3 Å². The highest BCUT2D eigenvalue weighted by Crippen LogP contribution is 2.32. The van der Waals surface area contributed by atoms with Gasteiger partial charge in [0.1, 0.15) is 17.2 Å². The summed E-state index contributed by atoms with van der Waals surface area (Å²) >= 11 is 0. The average molecular weight is 552 g/mol. The van der Waals surface area contributed by atoms with Crippen LogP contribution in [0.2, 0.25) is 0 Å². The maximum absolute atomic E-state index is 13.4. The normalized spacial score (nSPS) is 11.4. The Bertz CT molecular complexity index is 1740. The van der Waals surface area contributed by atoms with Crippen molar-refractivity contribution < 1.29 is 27.2 Å². The molecule has 0 unspecified atom stereocenters. The van der Waals surface area contributed by atoms with Gasteiger partial charge in [-0.05, 0) is 67.1 Å². The van der Waals surface area contributed by atoms with Crippen molar-refractivity contribution in [3.8, 4) is 11.3 Å². The third-order valence-electron chi connectivity index (χ3n) is 6.10. The molecule has 0 saturated heterocycles. The molecule has 0 saturated carbocycles. The fraction of sp³-hybridized carbons (Fsp3) is 0.111. The van der Waals surface area contributed by atoms with Crippen molar-refractivity contribution in [3.63, 3.8) is 0 Å². The molecule has 0 aliphatic heterocycles. The zero-order valence-corrected chi connectivity index (χ0v) is 21.0. The number of imidazole rings is 1.